The first-order chi connectivity index (χ1) is 5.90. The van der Waals surface area contributed by atoms with Crippen LogP contribution < -0.4 is 0 Å². The summed E-state index contributed by atoms with van der Waals surface area (Å²) in [5.74, 6) is 2.90. The molecule has 0 heteroatoms. The summed E-state index contributed by atoms with van der Waals surface area (Å²) < 4.78 is 0. The van der Waals surface area contributed by atoms with Crippen molar-refractivity contribution >= 4 is 0 Å². The van der Waals surface area contributed by atoms with E-state index in [-0.39, 0.29) is 0 Å². The molecule has 0 aromatic heterocycles. The molecule has 3 rings (SSSR count). The van der Waals surface area contributed by atoms with E-state index in [1.807, 2.05) is 6.08 Å². The second-order valence-electron chi connectivity index (χ2n) is 3.90. The topological polar surface area (TPSA) is 0 Å². The van der Waals surface area contributed by atoms with E-state index in [9.17, 15) is 0 Å². The summed E-state index contributed by atoms with van der Waals surface area (Å²) >= 11 is 0. The lowest BCUT2D eigenvalue weighted by Crippen LogP contribution is -2.12. The second-order valence-corrected chi connectivity index (χ2v) is 3.90. The van der Waals surface area contributed by atoms with Crippen LogP contribution in [-0.2, 0) is 0 Å². The van der Waals surface area contributed by atoms with Gasteiger partial charge in [-0.15, -0.1) is 0 Å². The summed E-state index contributed by atoms with van der Waals surface area (Å²) in [6.45, 7) is 3.86. The third-order valence-corrected chi connectivity index (χ3v) is 3.41. The van der Waals surface area contributed by atoms with E-state index >= 15 is 0 Å². The van der Waals surface area contributed by atoms with Gasteiger partial charge in [0.1, 0.15) is 0 Å². The predicted molar refractivity (Wildman–Crippen MR) is 50.5 cm³/mol. The molecule has 12 heavy (non-hydrogen) atoms. The molecule has 0 bridgehead atoms. The van der Waals surface area contributed by atoms with Crippen LogP contribution >= 0.6 is 0 Å². The van der Waals surface area contributed by atoms with Crippen LogP contribution in [0.15, 0.2) is 48.6 Å². The molecule has 0 unspecified atom stereocenters. The molecule has 3 aliphatic carbocycles. The first-order valence-electron chi connectivity index (χ1n) is 4.61. The normalized spacial score (nSPS) is 46.5. The number of allylic oxidation sites excluding steroid dienone is 7. The molecule has 0 aliphatic heterocycles. The van der Waals surface area contributed by atoms with Gasteiger partial charge in [0, 0.05) is 5.92 Å². The SMILES string of the molecule is C=CC1=C[C@@H]2C=C[C@H]3C=C[C@H]1[C@@H]32. The van der Waals surface area contributed by atoms with Crippen molar-refractivity contribution in [1.29, 1.82) is 0 Å². The maximum atomic E-state index is 3.86. The van der Waals surface area contributed by atoms with Gasteiger partial charge >= 0.3 is 0 Å². The van der Waals surface area contributed by atoms with Gasteiger partial charge in [-0.2, -0.15) is 0 Å². The van der Waals surface area contributed by atoms with Crippen LogP contribution in [0.3, 0.4) is 0 Å². The van der Waals surface area contributed by atoms with Crippen LogP contribution in [0.4, 0.5) is 0 Å². The van der Waals surface area contributed by atoms with E-state index in [0.29, 0.717) is 17.8 Å². The average Bonchev–Trinajstić information content (AvgIpc) is 2.72. The van der Waals surface area contributed by atoms with Gasteiger partial charge in [-0.3, -0.25) is 0 Å². The summed E-state index contributed by atoms with van der Waals surface area (Å²) in [4.78, 5) is 0. The Kier molecular flexibility index (Phi) is 1.08. The minimum Gasteiger partial charge on any atom is -0.0988 e. The van der Waals surface area contributed by atoms with Crippen molar-refractivity contribution in [2.75, 3.05) is 0 Å². The minimum atomic E-state index is 0.674. The Morgan fingerprint density at radius 1 is 1.08 bits per heavy atom. The van der Waals surface area contributed by atoms with E-state index in [0.717, 1.165) is 5.92 Å². The Morgan fingerprint density at radius 2 is 1.83 bits per heavy atom. The summed E-state index contributed by atoms with van der Waals surface area (Å²) in [6, 6.07) is 0. The van der Waals surface area contributed by atoms with Crippen molar-refractivity contribution < 1.29 is 0 Å². The van der Waals surface area contributed by atoms with Gasteiger partial charge in [0.15, 0.2) is 0 Å². The molecular weight excluding hydrogens is 144 g/mol. The van der Waals surface area contributed by atoms with Crippen molar-refractivity contribution in [3.05, 3.63) is 48.6 Å². The molecule has 0 aromatic rings. The van der Waals surface area contributed by atoms with Crippen molar-refractivity contribution in [3.8, 4) is 0 Å². The molecule has 0 N–H and O–H groups in total. The molecule has 0 heterocycles. The molecule has 0 spiro atoms. The van der Waals surface area contributed by atoms with Gasteiger partial charge in [0.05, 0.1) is 0 Å². The van der Waals surface area contributed by atoms with Crippen LogP contribution in [0.5, 0.6) is 0 Å². The van der Waals surface area contributed by atoms with Crippen LogP contribution in [0, 0.1) is 23.7 Å². The zero-order chi connectivity index (χ0) is 8.13. The second kappa shape index (κ2) is 2.01. The zero-order valence-electron chi connectivity index (χ0n) is 6.98. The fourth-order valence-electron chi connectivity index (χ4n) is 2.85. The lowest BCUT2D eigenvalue weighted by atomic mass is 9.87. The number of rotatable bonds is 1. The van der Waals surface area contributed by atoms with E-state index in [1.165, 1.54) is 5.57 Å². The lowest BCUT2D eigenvalue weighted by molar-refractivity contribution is 0.414. The Labute approximate surface area is 73.0 Å². The lowest BCUT2D eigenvalue weighted by Gasteiger charge is -2.15. The summed E-state index contributed by atoms with van der Waals surface area (Å²) in [5.41, 5.74) is 1.44. The molecule has 0 nitrogen and oxygen atoms in total. The highest BCUT2D eigenvalue weighted by molar-refractivity contribution is 5.41. The van der Waals surface area contributed by atoms with Gasteiger partial charge in [0.2, 0.25) is 0 Å². The molecule has 4 atom stereocenters. The van der Waals surface area contributed by atoms with E-state index in [4.69, 9.17) is 0 Å². The standard InChI is InChI=1S/C12H12/c1-2-8-7-10-4-3-9-5-6-11(8)12(9)10/h2-7,9-12H,1H2/t9-,10-,11+,12-/m0/s1. The first-order valence-corrected chi connectivity index (χ1v) is 4.61. The largest absolute Gasteiger partial charge is 0.0988 e. The fraction of sp³-hybridized carbons (Fsp3) is 0.333. The van der Waals surface area contributed by atoms with Gasteiger partial charge in [-0.05, 0) is 23.3 Å². The van der Waals surface area contributed by atoms with Crippen molar-refractivity contribution in [1.82, 2.24) is 0 Å². The molecule has 0 radical (unpaired) electrons. The monoisotopic (exact) mass is 156 g/mol. The molecular formula is C12H12. The van der Waals surface area contributed by atoms with Gasteiger partial charge < -0.3 is 0 Å². The van der Waals surface area contributed by atoms with Gasteiger partial charge in [-0.25, -0.2) is 0 Å². The Morgan fingerprint density at radius 3 is 2.67 bits per heavy atom. The smallest absolute Gasteiger partial charge is 0.00605 e. The minimum absolute atomic E-state index is 0.674. The molecule has 0 saturated carbocycles. The molecule has 0 fully saturated rings. The Hall–Kier alpha value is -1.04. The van der Waals surface area contributed by atoms with Crippen molar-refractivity contribution in [3.63, 3.8) is 0 Å². The maximum absolute atomic E-state index is 3.86. The van der Waals surface area contributed by atoms with Gasteiger partial charge in [0.25, 0.3) is 0 Å². The number of hydrogen-bond acceptors (Lipinski definition) is 0. The van der Waals surface area contributed by atoms with Gasteiger partial charge in [-0.1, -0.05) is 43.0 Å². The predicted octanol–water partition coefficient (Wildman–Crippen LogP) is 2.72. The average molecular weight is 156 g/mol. The zero-order valence-corrected chi connectivity index (χ0v) is 6.98. The van der Waals surface area contributed by atoms with Crippen LogP contribution in [0.1, 0.15) is 0 Å². The fourth-order valence-corrected chi connectivity index (χ4v) is 2.85. The Bertz CT molecular complexity index is 317. The highest BCUT2D eigenvalue weighted by atomic mass is 14.5. The molecule has 0 aromatic carbocycles. The van der Waals surface area contributed by atoms with E-state index in [1.54, 1.807) is 0 Å². The van der Waals surface area contributed by atoms with E-state index < -0.39 is 0 Å². The molecule has 3 aliphatic rings. The maximum Gasteiger partial charge on any atom is 0.00605 e. The van der Waals surface area contributed by atoms with Crippen molar-refractivity contribution in [2.24, 2.45) is 23.7 Å². The third-order valence-electron chi connectivity index (χ3n) is 3.41. The first kappa shape index (κ1) is 6.47. The highest BCUT2D eigenvalue weighted by Gasteiger charge is 2.42. The summed E-state index contributed by atoms with van der Waals surface area (Å²) in [7, 11) is 0. The van der Waals surface area contributed by atoms with Crippen LogP contribution in [0.2, 0.25) is 0 Å². The summed E-state index contributed by atoms with van der Waals surface area (Å²) in [6.07, 6.45) is 13.8. The third kappa shape index (κ3) is 0.592. The quantitative estimate of drug-likeness (QED) is 0.512. The van der Waals surface area contributed by atoms with Crippen LogP contribution in [0.25, 0.3) is 0 Å². The van der Waals surface area contributed by atoms with Crippen LogP contribution in [-0.4, -0.2) is 0 Å². The summed E-state index contributed by atoms with van der Waals surface area (Å²) in [5, 5.41) is 0. The molecule has 0 saturated heterocycles. The molecule has 0 amide bonds. The molecule has 60 valence electrons. The van der Waals surface area contributed by atoms with Crippen molar-refractivity contribution in [2.45, 2.75) is 0 Å². The number of hydrogen-bond donors (Lipinski definition) is 0. The highest BCUT2D eigenvalue weighted by Crippen LogP contribution is 2.51. The van der Waals surface area contributed by atoms with E-state index in [2.05, 4.69) is 37.0 Å². The Balaban J connectivity index is 2.10.